The van der Waals surface area contributed by atoms with Crippen LogP contribution in [0, 0.1) is 0 Å². The Hall–Kier alpha value is 1.08. The van der Waals surface area contributed by atoms with E-state index in [4.69, 9.17) is 10.2 Å². The molecule has 0 saturated carbocycles. The van der Waals surface area contributed by atoms with Crippen molar-refractivity contribution < 1.29 is 47.1 Å². The van der Waals surface area contributed by atoms with Crippen LogP contribution in [0.15, 0.2) is 0 Å². The van der Waals surface area contributed by atoms with Gasteiger partial charge < -0.3 is 10.2 Å². The molecule has 0 bridgehead atoms. The predicted molar refractivity (Wildman–Crippen MR) is 18.8 cm³/mol. The molecule has 0 aliphatic carbocycles. The molecule has 0 aromatic rings. The van der Waals surface area contributed by atoms with Crippen molar-refractivity contribution in [3.8, 4) is 0 Å². The summed E-state index contributed by atoms with van der Waals surface area (Å²) in [5.74, 6) is 0. The molecule has 0 aromatic heterocycles. The summed E-state index contributed by atoms with van der Waals surface area (Å²) >= 11 is 0. The third-order valence-electron chi connectivity index (χ3n) is 0.264. The topological polar surface area (TPSA) is 40.5 Å². The van der Waals surface area contributed by atoms with Gasteiger partial charge in [-0.1, -0.05) is 0 Å². The van der Waals surface area contributed by atoms with Crippen molar-refractivity contribution in [1.82, 2.24) is 0 Å². The van der Waals surface area contributed by atoms with Gasteiger partial charge in [-0.05, 0) is 6.92 Å². The number of hydrogen-bond donors (Lipinski definition) is 2. The van der Waals surface area contributed by atoms with Crippen LogP contribution in [-0.2, 0) is 36.8 Å². The van der Waals surface area contributed by atoms with E-state index in [0.717, 1.165) is 0 Å². The van der Waals surface area contributed by atoms with Crippen molar-refractivity contribution in [3.63, 3.8) is 0 Å². The molecule has 2 N–H and O–H groups in total. The smallest absolute Gasteiger partial charge is 0.0742 e. The van der Waals surface area contributed by atoms with E-state index >= 15 is 0 Å². The largest absolute Gasteiger partial charge is 0.394 e. The van der Waals surface area contributed by atoms with Crippen molar-refractivity contribution in [1.29, 1.82) is 0 Å². The molecule has 0 radical (unpaired) electrons. The maximum Gasteiger partial charge on any atom is 0.0742 e. The molecule has 0 rings (SSSR count). The fourth-order valence-electron chi connectivity index (χ4n) is 0. The van der Waals surface area contributed by atoms with Gasteiger partial charge in [-0.2, -0.15) is 0 Å². The van der Waals surface area contributed by atoms with E-state index in [2.05, 4.69) is 0 Å². The Bertz CT molecular complexity index is 26.9. The fourth-order valence-corrected chi connectivity index (χ4v) is 0. The first-order valence-electron chi connectivity index (χ1n) is 1.56. The van der Waals surface area contributed by atoms with E-state index in [0.29, 0.717) is 0 Å². The van der Waals surface area contributed by atoms with E-state index in [-0.39, 0.29) is 43.4 Å². The average molecular weight is 193 g/mol. The summed E-state index contributed by atoms with van der Waals surface area (Å²) in [6.07, 6.45) is -0.560. The molecule has 2 nitrogen and oxygen atoms in total. The summed E-state index contributed by atoms with van der Waals surface area (Å²) in [5.41, 5.74) is 0. The van der Waals surface area contributed by atoms with Crippen LogP contribution in [0.25, 0.3) is 0 Å². The van der Waals surface area contributed by atoms with E-state index in [1.54, 1.807) is 0 Å². The third-order valence-corrected chi connectivity index (χ3v) is 0.264. The third kappa shape index (κ3) is 19.3. The minimum Gasteiger partial charge on any atom is -0.394 e. The van der Waals surface area contributed by atoms with Crippen LogP contribution < -0.4 is 0 Å². The van der Waals surface area contributed by atoms with Gasteiger partial charge in [0.15, 0.2) is 0 Å². The Balaban J connectivity index is -0.0000000800. The molecule has 0 aliphatic heterocycles. The number of rotatable bonds is 1. The summed E-state index contributed by atoms with van der Waals surface area (Å²) in [6.45, 7) is 1.39. The Morgan fingerprint density at radius 2 is 1.71 bits per heavy atom. The molecule has 4 heteroatoms. The zero-order valence-corrected chi connectivity index (χ0v) is 8.54. The predicted octanol–water partition coefficient (Wildman–Crippen LogP) is -0.645. The molecule has 0 heterocycles. The van der Waals surface area contributed by atoms with Crippen LogP contribution >= 0.6 is 0 Å². The molecule has 0 amide bonds. The van der Waals surface area contributed by atoms with Crippen molar-refractivity contribution in [2.45, 2.75) is 13.0 Å². The van der Waals surface area contributed by atoms with Crippen molar-refractivity contribution in [3.05, 3.63) is 0 Å². The molecule has 40 valence electrons. The van der Waals surface area contributed by atoms with Crippen molar-refractivity contribution >= 4 is 0 Å². The van der Waals surface area contributed by atoms with E-state index in [9.17, 15) is 0 Å². The first kappa shape index (κ1) is 15.7. The molecule has 0 aromatic carbocycles. The number of hydrogen-bond acceptors (Lipinski definition) is 2. The SMILES string of the molecule is CC(O)CO.[Cr].[Zn]. The quantitative estimate of drug-likeness (QED) is 0.544. The molecule has 0 aliphatic rings. The normalized spacial score (nSPS) is 10.7. The van der Waals surface area contributed by atoms with Gasteiger partial charge >= 0.3 is 0 Å². The first-order chi connectivity index (χ1) is 2.27. The van der Waals surface area contributed by atoms with Gasteiger partial charge in [0, 0.05) is 36.8 Å². The van der Waals surface area contributed by atoms with Gasteiger partial charge in [-0.25, -0.2) is 0 Å². The van der Waals surface area contributed by atoms with Crippen LogP contribution in [0.4, 0.5) is 0 Å². The Kier molecular flexibility index (Phi) is 22.7. The maximum absolute atomic E-state index is 8.11. The second kappa shape index (κ2) is 10.1. The molecule has 7 heavy (non-hydrogen) atoms. The van der Waals surface area contributed by atoms with Gasteiger partial charge in [0.2, 0.25) is 0 Å². The zero-order valence-electron chi connectivity index (χ0n) is 4.29. The zero-order chi connectivity index (χ0) is 4.28. The second-order valence-corrected chi connectivity index (χ2v) is 1.03. The van der Waals surface area contributed by atoms with Gasteiger partial charge in [0.05, 0.1) is 12.7 Å². The Labute approximate surface area is 66.8 Å². The fraction of sp³-hybridized carbons (Fsp3) is 1.00. The molecule has 0 fully saturated rings. The minimum atomic E-state index is -0.560. The Morgan fingerprint density at radius 1 is 1.57 bits per heavy atom. The summed E-state index contributed by atoms with van der Waals surface area (Å²) in [4.78, 5) is 0. The number of aliphatic hydroxyl groups excluding tert-OH is 2. The molecule has 0 spiro atoms. The van der Waals surface area contributed by atoms with Gasteiger partial charge in [0.25, 0.3) is 0 Å². The van der Waals surface area contributed by atoms with Crippen LogP contribution in [0.2, 0.25) is 0 Å². The maximum atomic E-state index is 8.11. The van der Waals surface area contributed by atoms with Crippen LogP contribution in [-0.4, -0.2) is 22.9 Å². The second-order valence-electron chi connectivity index (χ2n) is 1.03. The Morgan fingerprint density at radius 3 is 1.71 bits per heavy atom. The average Bonchev–Trinajstić information content (AvgIpc) is 1.38. The molecule has 1 unspecified atom stereocenters. The van der Waals surface area contributed by atoms with Crippen LogP contribution in [0.5, 0.6) is 0 Å². The minimum absolute atomic E-state index is 0. The standard InChI is InChI=1S/C3H8O2.Cr.Zn/c1-3(5)2-4;;/h3-5H,2H2,1H3;;. The van der Waals surface area contributed by atoms with E-state index in [1.165, 1.54) is 6.92 Å². The summed E-state index contributed by atoms with van der Waals surface area (Å²) in [5, 5.41) is 16.0. The van der Waals surface area contributed by atoms with Gasteiger partial charge in [-0.3, -0.25) is 0 Å². The molecular weight excluding hydrogens is 185 g/mol. The van der Waals surface area contributed by atoms with Gasteiger partial charge in [0.1, 0.15) is 0 Å². The first-order valence-corrected chi connectivity index (χ1v) is 1.56. The van der Waals surface area contributed by atoms with Crippen LogP contribution in [0.3, 0.4) is 0 Å². The van der Waals surface area contributed by atoms with E-state index < -0.39 is 6.10 Å². The van der Waals surface area contributed by atoms with E-state index in [1.807, 2.05) is 0 Å². The molecule has 0 saturated heterocycles. The monoisotopic (exact) mass is 192 g/mol. The summed E-state index contributed by atoms with van der Waals surface area (Å²) in [7, 11) is 0. The van der Waals surface area contributed by atoms with Gasteiger partial charge in [-0.15, -0.1) is 0 Å². The molecular formula is C3H8CrO2Zn. The van der Waals surface area contributed by atoms with Crippen molar-refractivity contribution in [2.75, 3.05) is 6.61 Å². The van der Waals surface area contributed by atoms with Crippen molar-refractivity contribution in [2.24, 2.45) is 0 Å². The number of aliphatic hydroxyl groups is 2. The molecule has 1 atom stereocenters. The summed E-state index contributed by atoms with van der Waals surface area (Å²) in [6, 6.07) is 0. The van der Waals surface area contributed by atoms with Crippen LogP contribution in [0.1, 0.15) is 6.92 Å². The summed E-state index contributed by atoms with van der Waals surface area (Å²) < 4.78 is 0.